The van der Waals surface area contributed by atoms with Crippen LogP contribution in [0.15, 0.2) is 48.5 Å². The smallest absolute Gasteiger partial charge is 0.241 e. The Bertz CT molecular complexity index is 1010. The predicted molar refractivity (Wildman–Crippen MR) is 133 cm³/mol. The van der Waals surface area contributed by atoms with Crippen molar-refractivity contribution in [3.05, 3.63) is 54.1 Å². The van der Waals surface area contributed by atoms with E-state index in [9.17, 15) is 13.2 Å². The highest BCUT2D eigenvalue weighted by atomic mass is 32.2. The Hall–Kier alpha value is -2.74. The van der Waals surface area contributed by atoms with Gasteiger partial charge in [-0.2, -0.15) is 0 Å². The van der Waals surface area contributed by atoms with Gasteiger partial charge in [-0.3, -0.25) is 9.10 Å². The summed E-state index contributed by atoms with van der Waals surface area (Å²) in [6, 6.07) is 14.7. The van der Waals surface area contributed by atoms with E-state index >= 15 is 0 Å². The van der Waals surface area contributed by atoms with Crippen molar-refractivity contribution in [2.75, 3.05) is 41.7 Å². The molecule has 1 saturated heterocycles. The number of carbonyl (C=O) groups excluding carboxylic acids is 1. The number of piperidine rings is 1. The summed E-state index contributed by atoms with van der Waals surface area (Å²) in [4.78, 5) is 15.1. The minimum absolute atomic E-state index is 0.241. The maximum atomic E-state index is 12.7. The van der Waals surface area contributed by atoms with Gasteiger partial charge in [0, 0.05) is 18.8 Å². The van der Waals surface area contributed by atoms with E-state index in [1.54, 1.807) is 24.3 Å². The van der Waals surface area contributed by atoms with Gasteiger partial charge in [-0.25, -0.2) is 8.42 Å². The number of hydrogen-bond donors (Lipinski definition) is 1. The van der Waals surface area contributed by atoms with Crippen LogP contribution in [0.2, 0.25) is 0 Å². The van der Waals surface area contributed by atoms with Crippen LogP contribution in [0.5, 0.6) is 5.75 Å². The van der Waals surface area contributed by atoms with Crippen LogP contribution >= 0.6 is 0 Å². The second-order valence-electron chi connectivity index (χ2n) is 8.75. The maximum absolute atomic E-state index is 12.7. The number of ether oxygens (including phenoxy) is 1. The summed E-state index contributed by atoms with van der Waals surface area (Å²) in [7, 11) is -3.63. The first-order valence-electron chi connectivity index (χ1n) is 11.5. The van der Waals surface area contributed by atoms with Crippen LogP contribution < -0.4 is 19.3 Å². The highest BCUT2D eigenvalue weighted by Gasteiger charge is 2.22. The van der Waals surface area contributed by atoms with Crippen LogP contribution in [-0.2, 0) is 14.8 Å². The van der Waals surface area contributed by atoms with E-state index in [-0.39, 0.29) is 18.5 Å². The van der Waals surface area contributed by atoms with E-state index in [0.29, 0.717) is 18.0 Å². The van der Waals surface area contributed by atoms with Crippen molar-refractivity contribution in [1.29, 1.82) is 0 Å². The van der Waals surface area contributed by atoms with Gasteiger partial charge in [0.15, 0.2) is 0 Å². The van der Waals surface area contributed by atoms with Crippen LogP contribution in [0.4, 0.5) is 11.4 Å². The second kappa shape index (κ2) is 10.9. The fourth-order valence-corrected chi connectivity index (χ4v) is 4.87. The molecule has 180 valence electrons. The molecule has 1 N–H and O–H groups in total. The van der Waals surface area contributed by atoms with E-state index in [2.05, 4.69) is 29.3 Å². The first-order valence-corrected chi connectivity index (χ1v) is 13.4. The van der Waals surface area contributed by atoms with Gasteiger partial charge in [-0.05, 0) is 74.6 Å². The van der Waals surface area contributed by atoms with Crippen LogP contribution in [0.3, 0.4) is 0 Å². The molecule has 1 heterocycles. The van der Waals surface area contributed by atoms with Crippen molar-refractivity contribution in [3.63, 3.8) is 0 Å². The number of nitrogens with zero attached hydrogens (tertiary/aromatic N) is 2. The lowest BCUT2D eigenvalue weighted by Crippen LogP contribution is -2.41. The molecule has 1 fully saturated rings. The Balaban J connectivity index is 1.62. The second-order valence-corrected chi connectivity index (χ2v) is 10.7. The molecular formula is C25H35N3O4S. The lowest BCUT2D eigenvalue weighted by atomic mass is 9.98. The third-order valence-electron chi connectivity index (χ3n) is 6.04. The molecule has 0 radical (unpaired) electrons. The van der Waals surface area contributed by atoms with E-state index in [1.165, 1.54) is 18.5 Å². The van der Waals surface area contributed by atoms with Gasteiger partial charge in [0.25, 0.3) is 0 Å². The van der Waals surface area contributed by atoms with Gasteiger partial charge >= 0.3 is 0 Å². The molecule has 1 aliphatic rings. The van der Waals surface area contributed by atoms with E-state index in [1.807, 2.05) is 26.0 Å². The summed E-state index contributed by atoms with van der Waals surface area (Å²) in [5, 5.41) is 2.92. The molecule has 0 aliphatic carbocycles. The van der Waals surface area contributed by atoms with Gasteiger partial charge in [0.2, 0.25) is 15.9 Å². The largest absolute Gasteiger partial charge is 0.494 e. The van der Waals surface area contributed by atoms with Crippen LogP contribution in [0, 0.1) is 5.92 Å². The molecule has 8 heteroatoms. The normalized spacial score (nSPS) is 15.7. The molecule has 0 saturated carbocycles. The molecule has 0 bridgehead atoms. The SMILES string of the molecule is CCOc1ccc(N(CC(=O)NC(C)c2ccc(N3CCC(C)CC3)cc2)S(C)(=O)=O)cc1. The van der Waals surface area contributed by atoms with E-state index in [4.69, 9.17) is 4.74 Å². The summed E-state index contributed by atoms with van der Waals surface area (Å²) in [6.07, 6.45) is 3.51. The Kier molecular flexibility index (Phi) is 8.24. The maximum Gasteiger partial charge on any atom is 0.241 e. The molecular weight excluding hydrogens is 438 g/mol. The quantitative estimate of drug-likeness (QED) is 0.596. The Morgan fingerprint density at radius 2 is 1.73 bits per heavy atom. The summed E-state index contributed by atoms with van der Waals surface area (Å²) in [5.74, 6) is 1.07. The average molecular weight is 474 g/mol. The zero-order valence-corrected chi connectivity index (χ0v) is 20.8. The van der Waals surface area contributed by atoms with Crippen LogP contribution in [0.1, 0.15) is 45.2 Å². The Labute approximate surface area is 197 Å². The van der Waals surface area contributed by atoms with E-state index < -0.39 is 10.0 Å². The van der Waals surface area contributed by atoms with Crippen molar-refractivity contribution in [1.82, 2.24) is 5.32 Å². The molecule has 0 spiro atoms. The van der Waals surface area contributed by atoms with Crippen molar-refractivity contribution in [2.45, 2.75) is 39.7 Å². The third kappa shape index (κ3) is 6.87. The topological polar surface area (TPSA) is 79.0 Å². The monoisotopic (exact) mass is 473 g/mol. The molecule has 2 aromatic rings. The number of rotatable bonds is 9. The highest BCUT2D eigenvalue weighted by Crippen LogP contribution is 2.25. The molecule has 0 aromatic heterocycles. The fourth-order valence-electron chi connectivity index (χ4n) is 4.02. The molecule has 33 heavy (non-hydrogen) atoms. The predicted octanol–water partition coefficient (Wildman–Crippen LogP) is 3.97. The van der Waals surface area contributed by atoms with E-state index in [0.717, 1.165) is 35.1 Å². The van der Waals surface area contributed by atoms with Crippen LogP contribution in [-0.4, -0.2) is 46.8 Å². The lowest BCUT2D eigenvalue weighted by molar-refractivity contribution is -0.120. The summed E-state index contributed by atoms with van der Waals surface area (Å²) in [5.41, 5.74) is 2.59. The third-order valence-corrected chi connectivity index (χ3v) is 7.18. The first kappa shape index (κ1) is 24.9. The minimum Gasteiger partial charge on any atom is -0.494 e. The van der Waals surface area contributed by atoms with Crippen molar-refractivity contribution >= 4 is 27.3 Å². The number of anilines is 2. The minimum atomic E-state index is -3.63. The Morgan fingerprint density at radius 1 is 1.12 bits per heavy atom. The highest BCUT2D eigenvalue weighted by molar-refractivity contribution is 7.92. The van der Waals surface area contributed by atoms with Gasteiger partial charge in [-0.1, -0.05) is 19.1 Å². The van der Waals surface area contributed by atoms with Gasteiger partial charge in [0.1, 0.15) is 12.3 Å². The van der Waals surface area contributed by atoms with Crippen molar-refractivity contribution in [3.8, 4) is 5.75 Å². The number of carbonyl (C=O) groups is 1. The summed E-state index contributed by atoms with van der Waals surface area (Å²) >= 11 is 0. The molecule has 7 nitrogen and oxygen atoms in total. The fraction of sp³-hybridized carbons (Fsp3) is 0.480. The first-order chi connectivity index (χ1) is 15.7. The molecule has 3 rings (SSSR count). The zero-order chi connectivity index (χ0) is 24.0. The van der Waals surface area contributed by atoms with Crippen molar-refractivity contribution in [2.24, 2.45) is 5.92 Å². The lowest BCUT2D eigenvalue weighted by Gasteiger charge is -2.32. The molecule has 1 atom stereocenters. The number of benzene rings is 2. The average Bonchev–Trinajstić information content (AvgIpc) is 2.78. The van der Waals surface area contributed by atoms with Crippen LogP contribution in [0.25, 0.3) is 0 Å². The summed E-state index contributed by atoms with van der Waals surface area (Å²) in [6.45, 7) is 8.45. The number of hydrogen-bond acceptors (Lipinski definition) is 5. The molecule has 2 aromatic carbocycles. The number of sulfonamides is 1. The molecule has 1 amide bonds. The Morgan fingerprint density at radius 3 is 2.27 bits per heavy atom. The zero-order valence-electron chi connectivity index (χ0n) is 20.0. The van der Waals surface area contributed by atoms with Gasteiger partial charge in [-0.15, -0.1) is 0 Å². The molecule has 1 unspecified atom stereocenters. The van der Waals surface area contributed by atoms with Crippen molar-refractivity contribution < 1.29 is 17.9 Å². The van der Waals surface area contributed by atoms with Gasteiger partial charge < -0.3 is 15.0 Å². The number of nitrogens with one attached hydrogen (secondary N) is 1. The van der Waals surface area contributed by atoms with Gasteiger partial charge in [0.05, 0.1) is 24.6 Å². The summed E-state index contributed by atoms with van der Waals surface area (Å²) < 4.78 is 31.2. The number of amides is 1. The standard InChI is InChI=1S/C25H35N3O4S/c1-5-32-24-12-10-23(11-13-24)28(33(4,30)31)18-25(29)26-20(3)21-6-8-22(9-7-21)27-16-14-19(2)15-17-27/h6-13,19-20H,5,14-18H2,1-4H3,(H,26,29). The molecule has 1 aliphatic heterocycles.